The Kier molecular flexibility index (Phi) is 5.76. The molecule has 7 heteroatoms. The van der Waals surface area contributed by atoms with Crippen LogP contribution in [-0.4, -0.2) is 23.5 Å². The van der Waals surface area contributed by atoms with Crippen LogP contribution in [0.5, 0.6) is 0 Å². The van der Waals surface area contributed by atoms with Crippen LogP contribution in [0.1, 0.15) is 22.1 Å². The maximum atomic E-state index is 11.9. The molecule has 2 amide bonds. The van der Waals surface area contributed by atoms with Crippen molar-refractivity contribution in [1.82, 2.24) is 5.32 Å². The number of aliphatic hydroxyl groups is 1. The Balaban J connectivity index is 1.92. The Morgan fingerprint density at radius 1 is 1.26 bits per heavy atom. The molecule has 0 spiro atoms. The first kappa shape index (κ1) is 17.5. The molecule has 0 fully saturated rings. The molecule has 5 nitrogen and oxygen atoms in total. The largest absolute Gasteiger partial charge is 0.386 e. The SMILES string of the molecule is Cc1ccsc1C(O)CNC(=O)C(=O)Nc1cccc(Cl)c1C. The van der Waals surface area contributed by atoms with Gasteiger partial charge in [-0.15, -0.1) is 11.3 Å². The lowest BCUT2D eigenvalue weighted by Gasteiger charge is -2.12. The summed E-state index contributed by atoms with van der Waals surface area (Å²) in [7, 11) is 0. The first-order valence-corrected chi connectivity index (χ1v) is 8.22. The van der Waals surface area contributed by atoms with Crippen molar-refractivity contribution >= 4 is 40.4 Å². The highest BCUT2D eigenvalue weighted by Crippen LogP contribution is 2.24. The Morgan fingerprint density at radius 2 is 2.00 bits per heavy atom. The van der Waals surface area contributed by atoms with Crippen molar-refractivity contribution in [2.75, 3.05) is 11.9 Å². The van der Waals surface area contributed by atoms with Crippen LogP contribution >= 0.6 is 22.9 Å². The van der Waals surface area contributed by atoms with Gasteiger partial charge in [0.05, 0.1) is 0 Å². The van der Waals surface area contributed by atoms with E-state index in [4.69, 9.17) is 11.6 Å². The summed E-state index contributed by atoms with van der Waals surface area (Å²) in [5.41, 5.74) is 2.12. The molecule has 1 aromatic carbocycles. The average molecular weight is 353 g/mol. The van der Waals surface area contributed by atoms with E-state index in [-0.39, 0.29) is 6.54 Å². The second kappa shape index (κ2) is 7.59. The van der Waals surface area contributed by atoms with Crippen LogP contribution < -0.4 is 10.6 Å². The number of hydrogen-bond acceptors (Lipinski definition) is 4. The lowest BCUT2D eigenvalue weighted by atomic mass is 10.2. The van der Waals surface area contributed by atoms with Gasteiger partial charge in [-0.05, 0) is 48.6 Å². The molecule has 1 aromatic heterocycles. The molecule has 0 saturated heterocycles. The van der Waals surface area contributed by atoms with Gasteiger partial charge < -0.3 is 15.7 Å². The van der Waals surface area contributed by atoms with Gasteiger partial charge in [0.25, 0.3) is 0 Å². The number of nitrogens with one attached hydrogen (secondary N) is 2. The highest BCUT2D eigenvalue weighted by atomic mass is 35.5. The molecular formula is C16H17ClN2O3S. The molecule has 1 unspecified atom stereocenters. The zero-order valence-corrected chi connectivity index (χ0v) is 14.3. The molecule has 1 heterocycles. The van der Waals surface area contributed by atoms with E-state index in [1.54, 1.807) is 25.1 Å². The zero-order valence-electron chi connectivity index (χ0n) is 12.7. The highest BCUT2D eigenvalue weighted by Gasteiger charge is 2.18. The number of hydrogen-bond donors (Lipinski definition) is 3. The smallest absolute Gasteiger partial charge is 0.313 e. The number of carbonyl (C=O) groups is 2. The van der Waals surface area contributed by atoms with E-state index in [0.717, 1.165) is 10.4 Å². The van der Waals surface area contributed by atoms with Crippen molar-refractivity contribution in [3.05, 3.63) is 50.7 Å². The molecular weight excluding hydrogens is 336 g/mol. The fourth-order valence-electron chi connectivity index (χ4n) is 2.01. The fraction of sp³-hybridized carbons (Fsp3) is 0.250. The van der Waals surface area contributed by atoms with Gasteiger partial charge in [-0.2, -0.15) is 0 Å². The fourth-order valence-corrected chi connectivity index (χ4v) is 3.10. The summed E-state index contributed by atoms with van der Waals surface area (Å²) in [6.45, 7) is 3.60. The van der Waals surface area contributed by atoms with E-state index < -0.39 is 17.9 Å². The Hall–Kier alpha value is -1.89. The predicted molar refractivity (Wildman–Crippen MR) is 91.8 cm³/mol. The number of halogens is 1. The molecule has 0 aliphatic carbocycles. The van der Waals surface area contributed by atoms with E-state index in [1.165, 1.54) is 11.3 Å². The van der Waals surface area contributed by atoms with Gasteiger partial charge in [0.2, 0.25) is 0 Å². The second-order valence-corrected chi connectivity index (χ2v) is 6.42. The number of rotatable bonds is 4. The predicted octanol–water partition coefficient (Wildman–Crippen LogP) is 2.81. The number of benzene rings is 1. The topological polar surface area (TPSA) is 78.4 Å². The summed E-state index contributed by atoms with van der Waals surface area (Å²) in [4.78, 5) is 24.5. The van der Waals surface area contributed by atoms with Crippen molar-refractivity contribution in [3.63, 3.8) is 0 Å². The minimum Gasteiger partial charge on any atom is -0.386 e. The van der Waals surface area contributed by atoms with Gasteiger partial charge in [0, 0.05) is 22.1 Å². The van der Waals surface area contributed by atoms with Gasteiger partial charge in [-0.3, -0.25) is 9.59 Å². The quantitative estimate of drug-likeness (QED) is 0.740. The Bertz CT molecular complexity index is 730. The van der Waals surface area contributed by atoms with Crippen LogP contribution in [0, 0.1) is 13.8 Å². The van der Waals surface area contributed by atoms with Crippen LogP contribution in [-0.2, 0) is 9.59 Å². The average Bonchev–Trinajstić information content (AvgIpc) is 2.95. The van der Waals surface area contributed by atoms with E-state index in [1.807, 2.05) is 18.4 Å². The van der Waals surface area contributed by atoms with Crippen molar-refractivity contribution in [2.24, 2.45) is 0 Å². The van der Waals surface area contributed by atoms with Crippen molar-refractivity contribution in [1.29, 1.82) is 0 Å². The number of amides is 2. The van der Waals surface area contributed by atoms with Gasteiger partial charge in [-0.1, -0.05) is 17.7 Å². The molecule has 23 heavy (non-hydrogen) atoms. The summed E-state index contributed by atoms with van der Waals surface area (Å²) >= 11 is 7.38. The first-order chi connectivity index (χ1) is 10.9. The number of aryl methyl sites for hydroxylation is 1. The van der Waals surface area contributed by atoms with Crippen molar-refractivity contribution in [2.45, 2.75) is 20.0 Å². The Labute approximate surface area is 143 Å². The summed E-state index contributed by atoms with van der Waals surface area (Å²) in [6, 6.07) is 6.94. The molecule has 1 atom stereocenters. The van der Waals surface area contributed by atoms with E-state index in [2.05, 4.69) is 10.6 Å². The molecule has 0 aliphatic rings. The minimum atomic E-state index is -0.834. The van der Waals surface area contributed by atoms with Crippen molar-refractivity contribution < 1.29 is 14.7 Å². The third-order valence-corrected chi connectivity index (χ3v) is 4.91. The van der Waals surface area contributed by atoms with Crippen LogP contribution in [0.4, 0.5) is 5.69 Å². The molecule has 2 rings (SSSR count). The van der Waals surface area contributed by atoms with Gasteiger partial charge in [-0.25, -0.2) is 0 Å². The normalized spacial score (nSPS) is 11.8. The Morgan fingerprint density at radius 3 is 2.65 bits per heavy atom. The molecule has 122 valence electrons. The summed E-state index contributed by atoms with van der Waals surface area (Å²) < 4.78 is 0. The summed E-state index contributed by atoms with van der Waals surface area (Å²) in [5.74, 6) is -1.61. The number of carbonyl (C=O) groups excluding carboxylic acids is 2. The number of thiophene rings is 1. The van der Waals surface area contributed by atoms with Crippen LogP contribution in [0.15, 0.2) is 29.6 Å². The van der Waals surface area contributed by atoms with Gasteiger partial charge in [0.1, 0.15) is 6.10 Å². The van der Waals surface area contributed by atoms with Crippen molar-refractivity contribution in [3.8, 4) is 0 Å². The van der Waals surface area contributed by atoms with Gasteiger partial charge >= 0.3 is 11.8 Å². The lowest BCUT2D eigenvalue weighted by molar-refractivity contribution is -0.136. The molecule has 0 bridgehead atoms. The number of aliphatic hydroxyl groups excluding tert-OH is 1. The lowest BCUT2D eigenvalue weighted by Crippen LogP contribution is -2.37. The maximum Gasteiger partial charge on any atom is 0.313 e. The first-order valence-electron chi connectivity index (χ1n) is 6.96. The monoisotopic (exact) mass is 352 g/mol. The molecule has 0 aliphatic heterocycles. The number of anilines is 1. The molecule has 2 aromatic rings. The summed E-state index contributed by atoms with van der Waals surface area (Å²) in [5, 5.41) is 17.3. The molecule has 0 radical (unpaired) electrons. The second-order valence-electron chi connectivity index (χ2n) is 5.06. The van der Waals surface area contributed by atoms with E-state index in [9.17, 15) is 14.7 Å². The third kappa shape index (κ3) is 4.31. The molecule has 3 N–H and O–H groups in total. The zero-order chi connectivity index (χ0) is 17.0. The maximum absolute atomic E-state index is 11.9. The van der Waals surface area contributed by atoms with Gasteiger partial charge in [0.15, 0.2) is 0 Å². The van der Waals surface area contributed by atoms with Crippen LogP contribution in [0.2, 0.25) is 5.02 Å². The minimum absolute atomic E-state index is 0.0257. The summed E-state index contributed by atoms with van der Waals surface area (Å²) in [6.07, 6.45) is -0.834. The molecule has 0 saturated carbocycles. The highest BCUT2D eigenvalue weighted by molar-refractivity contribution is 7.10. The van der Waals surface area contributed by atoms with Crippen LogP contribution in [0.25, 0.3) is 0 Å². The van der Waals surface area contributed by atoms with E-state index in [0.29, 0.717) is 16.3 Å². The standard InChI is InChI=1S/C16H17ClN2O3S/c1-9-6-7-23-14(9)13(20)8-18-15(21)16(22)19-12-5-3-4-11(17)10(12)2/h3-7,13,20H,8H2,1-2H3,(H,18,21)(H,19,22). The van der Waals surface area contributed by atoms with Crippen LogP contribution in [0.3, 0.4) is 0 Å². The van der Waals surface area contributed by atoms with E-state index >= 15 is 0 Å². The third-order valence-electron chi connectivity index (χ3n) is 3.38.